The van der Waals surface area contributed by atoms with Gasteiger partial charge in [-0.2, -0.15) is 0 Å². The number of nitrogens with one attached hydrogen (secondary N) is 1. The van der Waals surface area contributed by atoms with Crippen molar-refractivity contribution >= 4 is 26.8 Å². The summed E-state index contributed by atoms with van der Waals surface area (Å²) in [5.41, 5.74) is 3.88. The molecule has 1 unspecified atom stereocenters. The lowest BCUT2D eigenvalue weighted by Crippen LogP contribution is -1.94. The highest BCUT2D eigenvalue weighted by atomic mass is 79.9. The molecule has 0 amide bonds. The van der Waals surface area contributed by atoms with Crippen LogP contribution in [0.15, 0.2) is 60.8 Å². The Balaban J connectivity index is 1.90. The first kappa shape index (κ1) is 11.5. The van der Waals surface area contributed by atoms with Crippen molar-refractivity contribution in [3.63, 3.8) is 0 Å². The van der Waals surface area contributed by atoms with Crippen molar-refractivity contribution in [1.82, 2.24) is 4.98 Å². The number of benzene rings is 2. The van der Waals surface area contributed by atoms with E-state index in [4.69, 9.17) is 0 Å². The van der Waals surface area contributed by atoms with Gasteiger partial charge < -0.3 is 4.98 Å². The molecule has 1 aromatic heterocycles. The Kier molecular flexibility index (Phi) is 3.20. The molecule has 0 radical (unpaired) electrons. The van der Waals surface area contributed by atoms with Crippen LogP contribution in [0.25, 0.3) is 10.9 Å². The topological polar surface area (TPSA) is 15.8 Å². The van der Waals surface area contributed by atoms with E-state index in [1.165, 1.54) is 22.0 Å². The van der Waals surface area contributed by atoms with Gasteiger partial charge in [-0.05, 0) is 23.6 Å². The predicted octanol–water partition coefficient (Wildman–Crippen LogP) is 4.85. The highest BCUT2D eigenvalue weighted by Gasteiger charge is 2.12. The summed E-state index contributed by atoms with van der Waals surface area (Å²) in [6.07, 6.45) is 3.11. The van der Waals surface area contributed by atoms with E-state index in [2.05, 4.69) is 81.7 Å². The Morgan fingerprint density at radius 3 is 2.50 bits per heavy atom. The Morgan fingerprint density at radius 2 is 1.67 bits per heavy atom. The van der Waals surface area contributed by atoms with E-state index in [9.17, 15) is 0 Å². The van der Waals surface area contributed by atoms with Crippen LogP contribution < -0.4 is 0 Å². The lowest BCUT2D eigenvalue weighted by molar-refractivity contribution is 0.957. The molecule has 1 nitrogen and oxygen atoms in total. The number of para-hydroxylation sites is 1. The number of hydrogen-bond donors (Lipinski definition) is 1. The van der Waals surface area contributed by atoms with Crippen molar-refractivity contribution in [2.24, 2.45) is 0 Å². The van der Waals surface area contributed by atoms with E-state index in [0.717, 1.165) is 6.42 Å². The van der Waals surface area contributed by atoms with Crippen molar-refractivity contribution in [3.8, 4) is 0 Å². The van der Waals surface area contributed by atoms with Crippen LogP contribution in [0.1, 0.15) is 16.0 Å². The van der Waals surface area contributed by atoms with Crippen LogP contribution in [0, 0.1) is 0 Å². The highest BCUT2D eigenvalue weighted by molar-refractivity contribution is 9.09. The first-order valence-corrected chi connectivity index (χ1v) is 7.00. The van der Waals surface area contributed by atoms with Crippen LogP contribution in [0.4, 0.5) is 0 Å². The third-order valence-corrected chi connectivity index (χ3v) is 4.03. The fraction of sp³-hybridized carbons (Fsp3) is 0.125. The lowest BCUT2D eigenvalue weighted by Gasteiger charge is -2.09. The van der Waals surface area contributed by atoms with Crippen LogP contribution in [0.5, 0.6) is 0 Å². The number of alkyl halides is 1. The molecule has 0 fully saturated rings. The minimum Gasteiger partial charge on any atom is -0.361 e. The number of aromatic nitrogens is 1. The van der Waals surface area contributed by atoms with Gasteiger partial charge >= 0.3 is 0 Å². The molecular formula is C16H14BrN. The standard InChI is InChI=1S/C16H14BrN/c17-15(10-12-6-2-1-3-7-12)14-11-18-16-9-5-4-8-13(14)16/h1-9,11,15,18H,10H2. The summed E-state index contributed by atoms with van der Waals surface area (Å²) in [4.78, 5) is 3.67. The molecule has 0 aliphatic heterocycles. The van der Waals surface area contributed by atoms with Crippen LogP contribution in [0.2, 0.25) is 0 Å². The second-order valence-electron chi connectivity index (χ2n) is 4.45. The third kappa shape index (κ3) is 2.21. The van der Waals surface area contributed by atoms with Gasteiger partial charge in [-0.25, -0.2) is 0 Å². The molecule has 0 aliphatic carbocycles. The summed E-state index contributed by atoms with van der Waals surface area (Å²) < 4.78 is 0. The summed E-state index contributed by atoms with van der Waals surface area (Å²) >= 11 is 3.80. The van der Waals surface area contributed by atoms with Crippen molar-refractivity contribution < 1.29 is 0 Å². The zero-order chi connectivity index (χ0) is 12.4. The Labute approximate surface area is 115 Å². The van der Waals surface area contributed by atoms with Crippen molar-refractivity contribution in [1.29, 1.82) is 0 Å². The lowest BCUT2D eigenvalue weighted by atomic mass is 10.0. The van der Waals surface area contributed by atoms with Gasteiger partial charge in [-0.3, -0.25) is 0 Å². The van der Waals surface area contributed by atoms with Crippen LogP contribution in [-0.4, -0.2) is 4.98 Å². The molecule has 90 valence electrons. The number of hydrogen-bond acceptors (Lipinski definition) is 0. The molecule has 0 bridgehead atoms. The number of aromatic amines is 1. The maximum atomic E-state index is 3.80. The predicted molar refractivity (Wildman–Crippen MR) is 80.1 cm³/mol. The van der Waals surface area contributed by atoms with Crippen LogP contribution in [0.3, 0.4) is 0 Å². The number of fused-ring (bicyclic) bond motifs is 1. The fourth-order valence-electron chi connectivity index (χ4n) is 2.28. The van der Waals surface area contributed by atoms with E-state index >= 15 is 0 Å². The summed E-state index contributed by atoms with van der Waals surface area (Å²) in [6, 6.07) is 19.0. The quantitative estimate of drug-likeness (QED) is 0.666. The van der Waals surface area contributed by atoms with Crippen LogP contribution >= 0.6 is 15.9 Å². The van der Waals surface area contributed by atoms with Gasteiger partial charge in [0.15, 0.2) is 0 Å². The maximum absolute atomic E-state index is 3.80. The molecule has 0 spiro atoms. The molecule has 0 aliphatic rings. The second kappa shape index (κ2) is 4.99. The number of H-pyrrole nitrogens is 1. The fourth-order valence-corrected chi connectivity index (χ4v) is 3.04. The Hall–Kier alpha value is -1.54. The normalized spacial score (nSPS) is 12.7. The minimum absolute atomic E-state index is 0.344. The van der Waals surface area contributed by atoms with Crippen molar-refractivity contribution in [3.05, 3.63) is 71.9 Å². The van der Waals surface area contributed by atoms with Gasteiger partial charge in [0.1, 0.15) is 0 Å². The first-order chi connectivity index (χ1) is 8.84. The average Bonchev–Trinajstić information content (AvgIpc) is 2.84. The van der Waals surface area contributed by atoms with Gasteiger partial charge in [0, 0.05) is 21.9 Å². The van der Waals surface area contributed by atoms with Crippen molar-refractivity contribution in [2.45, 2.75) is 11.2 Å². The first-order valence-electron chi connectivity index (χ1n) is 6.08. The molecule has 2 aromatic carbocycles. The van der Waals surface area contributed by atoms with Gasteiger partial charge in [0.05, 0.1) is 0 Å². The summed E-state index contributed by atoms with van der Waals surface area (Å²) in [5, 5.41) is 1.30. The zero-order valence-electron chi connectivity index (χ0n) is 9.94. The maximum Gasteiger partial charge on any atom is 0.0457 e. The van der Waals surface area contributed by atoms with Gasteiger partial charge in [0.2, 0.25) is 0 Å². The van der Waals surface area contributed by atoms with E-state index in [-0.39, 0.29) is 0 Å². The van der Waals surface area contributed by atoms with Gasteiger partial charge in [-0.15, -0.1) is 0 Å². The van der Waals surface area contributed by atoms with Gasteiger partial charge in [-0.1, -0.05) is 64.5 Å². The smallest absolute Gasteiger partial charge is 0.0457 e. The van der Waals surface area contributed by atoms with E-state index in [1.54, 1.807) is 0 Å². The summed E-state index contributed by atoms with van der Waals surface area (Å²) in [5.74, 6) is 0. The third-order valence-electron chi connectivity index (χ3n) is 3.22. The average molecular weight is 300 g/mol. The molecule has 0 saturated heterocycles. The Morgan fingerprint density at radius 1 is 0.944 bits per heavy atom. The molecule has 1 heterocycles. The summed E-state index contributed by atoms with van der Waals surface area (Å²) in [7, 11) is 0. The SMILES string of the molecule is BrC(Cc1ccccc1)c1c[nH]c2ccccc12. The molecule has 3 aromatic rings. The minimum atomic E-state index is 0.344. The van der Waals surface area contributed by atoms with Crippen molar-refractivity contribution in [2.75, 3.05) is 0 Å². The van der Waals surface area contributed by atoms with Gasteiger partial charge in [0.25, 0.3) is 0 Å². The molecule has 18 heavy (non-hydrogen) atoms. The molecule has 0 saturated carbocycles. The number of rotatable bonds is 3. The molecule has 3 rings (SSSR count). The molecule has 1 atom stereocenters. The largest absolute Gasteiger partial charge is 0.361 e. The second-order valence-corrected chi connectivity index (χ2v) is 5.55. The van der Waals surface area contributed by atoms with E-state index in [0.29, 0.717) is 4.83 Å². The van der Waals surface area contributed by atoms with Crippen LogP contribution in [-0.2, 0) is 6.42 Å². The van der Waals surface area contributed by atoms with E-state index < -0.39 is 0 Å². The molecule has 1 N–H and O–H groups in total. The summed E-state index contributed by atoms with van der Waals surface area (Å²) in [6.45, 7) is 0. The monoisotopic (exact) mass is 299 g/mol. The highest BCUT2D eigenvalue weighted by Crippen LogP contribution is 2.32. The zero-order valence-corrected chi connectivity index (χ0v) is 11.5. The number of halogens is 1. The molecular weight excluding hydrogens is 286 g/mol. The van der Waals surface area contributed by atoms with E-state index in [1.807, 2.05) is 0 Å². The Bertz CT molecular complexity index is 642. The molecule has 2 heteroatoms.